The largest absolute Gasteiger partial charge is 0.314 e. The second kappa shape index (κ2) is 6.35. The summed E-state index contributed by atoms with van der Waals surface area (Å²) in [5, 5.41) is 6.32. The highest BCUT2D eigenvalue weighted by atomic mass is 16.1. The number of amides is 1. The first-order chi connectivity index (χ1) is 9.53. The van der Waals surface area contributed by atoms with E-state index >= 15 is 0 Å². The molecule has 1 aromatic rings. The quantitative estimate of drug-likeness (QED) is 0.888. The molecule has 0 bridgehead atoms. The summed E-state index contributed by atoms with van der Waals surface area (Å²) in [5.74, 6) is 0.716. The highest BCUT2D eigenvalue weighted by molar-refractivity contribution is 5.90. The molecule has 1 saturated carbocycles. The summed E-state index contributed by atoms with van der Waals surface area (Å²) in [6, 6.07) is 3.92. The fraction of sp³-hybridized carbons (Fsp3) is 0.625. The zero-order valence-electron chi connectivity index (χ0n) is 12.8. The van der Waals surface area contributed by atoms with Crippen LogP contribution in [-0.2, 0) is 4.79 Å². The molecule has 1 fully saturated rings. The predicted octanol–water partition coefficient (Wildman–Crippen LogP) is 2.95. The maximum atomic E-state index is 12.3. The number of hydrogen-bond acceptors (Lipinski definition) is 3. The molecule has 4 heteroatoms. The molecule has 2 N–H and O–H groups in total. The minimum Gasteiger partial charge on any atom is -0.314 e. The minimum absolute atomic E-state index is 0.0266. The van der Waals surface area contributed by atoms with Crippen LogP contribution >= 0.6 is 0 Å². The van der Waals surface area contributed by atoms with Crippen LogP contribution in [0, 0.1) is 13.8 Å². The Balaban J connectivity index is 2.00. The molecule has 1 aliphatic carbocycles. The summed E-state index contributed by atoms with van der Waals surface area (Å²) in [4.78, 5) is 16.6. The maximum Gasteiger partial charge on any atom is 0.227 e. The van der Waals surface area contributed by atoms with Gasteiger partial charge in [0.05, 0.1) is 0 Å². The minimum atomic E-state index is -0.0266. The van der Waals surface area contributed by atoms with Gasteiger partial charge >= 0.3 is 0 Å². The second-order valence-corrected chi connectivity index (χ2v) is 5.99. The van der Waals surface area contributed by atoms with Gasteiger partial charge in [-0.15, -0.1) is 0 Å². The fourth-order valence-electron chi connectivity index (χ4n) is 3.14. The Morgan fingerprint density at radius 3 is 2.55 bits per heavy atom. The van der Waals surface area contributed by atoms with Crippen molar-refractivity contribution < 1.29 is 4.79 Å². The number of rotatable bonds is 4. The van der Waals surface area contributed by atoms with Gasteiger partial charge in [0, 0.05) is 17.7 Å². The van der Waals surface area contributed by atoms with Crippen molar-refractivity contribution in [2.45, 2.75) is 57.9 Å². The van der Waals surface area contributed by atoms with Crippen LogP contribution in [0.5, 0.6) is 0 Å². The van der Waals surface area contributed by atoms with E-state index in [1.807, 2.05) is 33.0 Å². The molecule has 1 heterocycles. The Morgan fingerprint density at radius 2 is 1.95 bits per heavy atom. The lowest BCUT2D eigenvalue weighted by Crippen LogP contribution is -2.47. The van der Waals surface area contributed by atoms with E-state index in [0.717, 1.165) is 24.1 Å². The van der Waals surface area contributed by atoms with Gasteiger partial charge in [0.25, 0.3) is 0 Å². The second-order valence-electron chi connectivity index (χ2n) is 5.99. The lowest BCUT2D eigenvalue weighted by molar-refractivity contribution is -0.117. The molecule has 4 nitrogen and oxygen atoms in total. The van der Waals surface area contributed by atoms with E-state index in [0.29, 0.717) is 12.2 Å². The molecule has 0 atom stereocenters. The van der Waals surface area contributed by atoms with Crippen molar-refractivity contribution in [3.05, 3.63) is 23.4 Å². The van der Waals surface area contributed by atoms with Gasteiger partial charge in [-0.2, -0.15) is 0 Å². The Labute approximate surface area is 121 Å². The van der Waals surface area contributed by atoms with E-state index < -0.39 is 0 Å². The molecule has 0 aromatic carbocycles. The predicted molar refractivity (Wildman–Crippen MR) is 81.8 cm³/mol. The molecule has 0 saturated heterocycles. The van der Waals surface area contributed by atoms with Crippen LogP contribution in [0.3, 0.4) is 0 Å². The van der Waals surface area contributed by atoms with Crippen molar-refractivity contribution in [1.82, 2.24) is 10.3 Å². The number of carbonyl (C=O) groups is 1. The third-order valence-corrected chi connectivity index (χ3v) is 4.21. The van der Waals surface area contributed by atoms with Crippen LogP contribution in [0.1, 0.15) is 49.8 Å². The Kier molecular flexibility index (Phi) is 4.76. The van der Waals surface area contributed by atoms with Crippen LogP contribution in [0.25, 0.3) is 0 Å². The third kappa shape index (κ3) is 3.79. The average molecular weight is 275 g/mol. The zero-order valence-corrected chi connectivity index (χ0v) is 12.8. The molecule has 110 valence electrons. The van der Waals surface area contributed by atoms with Crippen molar-refractivity contribution in [2.75, 3.05) is 12.4 Å². The van der Waals surface area contributed by atoms with E-state index in [1.165, 1.54) is 19.3 Å². The monoisotopic (exact) mass is 275 g/mol. The van der Waals surface area contributed by atoms with Crippen molar-refractivity contribution in [3.8, 4) is 0 Å². The first kappa shape index (κ1) is 15.0. The third-order valence-electron chi connectivity index (χ3n) is 4.21. The molecule has 20 heavy (non-hydrogen) atoms. The van der Waals surface area contributed by atoms with E-state index in [4.69, 9.17) is 0 Å². The van der Waals surface area contributed by atoms with Crippen molar-refractivity contribution in [1.29, 1.82) is 0 Å². The molecule has 1 amide bonds. The van der Waals surface area contributed by atoms with E-state index in [9.17, 15) is 4.79 Å². The summed E-state index contributed by atoms with van der Waals surface area (Å²) < 4.78 is 0. The summed E-state index contributed by atoms with van der Waals surface area (Å²) in [6.45, 7) is 3.96. The molecule has 0 spiro atoms. The fourth-order valence-corrected chi connectivity index (χ4v) is 3.14. The van der Waals surface area contributed by atoms with Gasteiger partial charge in [-0.3, -0.25) is 4.79 Å². The van der Waals surface area contributed by atoms with Crippen LogP contribution in [0.4, 0.5) is 5.82 Å². The first-order valence-corrected chi connectivity index (χ1v) is 7.47. The topological polar surface area (TPSA) is 54.0 Å². The number of carbonyl (C=O) groups excluding carboxylic acids is 1. The van der Waals surface area contributed by atoms with Gasteiger partial charge < -0.3 is 10.6 Å². The smallest absolute Gasteiger partial charge is 0.227 e. The van der Waals surface area contributed by atoms with Crippen LogP contribution in [0.2, 0.25) is 0 Å². The Bertz CT molecular complexity index is 458. The number of nitrogens with zero attached hydrogens (tertiary/aromatic N) is 1. The number of nitrogens with one attached hydrogen (secondary N) is 2. The highest BCUT2D eigenvalue weighted by Crippen LogP contribution is 2.31. The van der Waals surface area contributed by atoms with Gasteiger partial charge in [-0.25, -0.2) is 4.98 Å². The molecule has 0 unspecified atom stereocenters. The van der Waals surface area contributed by atoms with Gasteiger partial charge in [0.2, 0.25) is 5.91 Å². The summed E-state index contributed by atoms with van der Waals surface area (Å²) in [6.07, 6.45) is 6.38. The highest BCUT2D eigenvalue weighted by Gasteiger charge is 2.32. The van der Waals surface area contributed by atoms with Crippen molar-refractivity contribution in [2.24, 2.45) is 0 Å². The van der Waals surface area contributed by atoms with E-state index in [-0.39, 0.29) is 11.4 Å². The van der Waals surface area contributed by atoms with Crippen LogP contribution in [-0.4, -0.2) is 23.5 Å². The molecule has 1 aromatic heterocycles. The van der Waals surface area contributed by atoms with Crippen molar-refractivity contribution >= 4 is 11.7 Å². The lowest BCUT2D eigenvalue weighted by Gasteiger charge is -2.36. The van der Waals surface area contributed by atoms with Crippen molar-refractivity contribution in [3.63, 3.8) is 0 Å². The average Bonchev–Trinajstić information content (AvgIpc) is 2.38. The van der Waals surface area contributed by atoms with Gasteiger partial charge in [-0.1, -0.05) is 19.3 Å². The summed E-state index contributed by atoms with van der Waals surface area (Å²) in [5.41, 5.74) is 2.02. The van der Waals surface area contributed by atoms with E-state index in [2.05, 4.69) is 15.6 Å². The van der Waals surface area contributed by atoms with Gasteiger partial charge in [0.15, 0.2) is 0 Å². The molecule has 0 aliphatic heterocycles. The van der Waals surface area contributed by atoms with E-state index in [1.54, 1.807) is 0 Å². The maximum absolute atomic E-state index is 12.3. The Morgan fingerprint density at radius 1 is 1.25 bits per heavy atom. The molecule has 1 aliphatic rings. The SMILES string of the molecule is CNC1(CC(=O)Nc2cc(C)cc(C)n2)CCCCC1. The molecule has 2 rings (SSSR count). The summed E-state index contributed by atoms with van der Waals surface area (Å²) in [7, 11) is 1.97. The summed E-state index contributed by atoms with van der Waals surface area (Å²) >= 11 is 0. The number of anilines is 1. The number of aryl methyl sites for hydroxylation is 2. The lowest BCUT2D eigenvalue weighted by atomic mass is 9.79. The standard InChI is InChI=1S/C16H25N3O/c1-12-9-13(2)18-14(10-12)19-15(20)11-16(17-3)7-5-4-6-8-16/h9-10,17H,4-8,11H2,1-3H3,(H,18,19,20). The number of pyridine rings is 1. The molecular formula is C16H25N3O. The zero-order chi connectivity index (χ0) is 14.6. The molecular weight excluding hydrogens is 250 g/mol. The number of hydrogen-bond donors (Lipinski definition) is 2. The molecule has 0 radical (unpaired) electrons. The number of aromatic nitrogens is 1. The Hall–Kier alpha value is -1.42. The van der Waals surface area contributed by atoms with Crippen LogP contribution < -0.4 is 10.6 Å². The first-order valence-electron chi connectivity index (χ1n) is 7.47. The van der Waals surface area contributed by atoms with Crippen LogP contribution in [0.15, 0.2) is 12.1 Å². The normalized spacial score (nSPS) is 17.8. The van der Waals surface area contributed by atoms with Gasteiger partial charge in [-0.05, 0) is 51.4 Å². The van der Waals surface area contributed by atoms with Gasteiger partial charge in [0.1, 0.15) is 5.82 Å².